The Morgan fingerprint density at radius 1 is 1.28 bits per heavy atom. The van der Waals surface area contributed by atoms with Crippen LogP contribution in [0.25, 0.3) is 6.08 Å². The van der Waals surface area contributed by atoms with E-state index in [-0.39, 0.29) is 11.7 Å². The number of ketones is 1. The Hall–Kier alpha value is -1.41. The molecule has 0 aliphatic carbocycles. The van der Waals surface area contributed by atoms with Gasteiger partial charge >= 0.3 is 0 Å². The number of carbonyl (C=O) groups excluding carboxylic acids is 1. The highest BCUT2D eigenvalue weighted by Crippen LogP contribution is 2.13. The zero-order valence-corrected chi connectivity index (χ0v) is 12.0. The Morgan fingerprint density at radius 2 is 1.83 bits per heavy atom. The summed E-state index contributed by atoms with van der Waals surface area (Å²) in [6, 6.07) is 8.21. The fourth-order valence-corrected chi connectivity index (χ4v) is 2.00. The van der Waals surface area contributed by atoms with E-state index >= 15 is 0 Å². The molecule has 0 saturated carbocycles. The molecule has 0 radical (unpaired) electrons. The summed E-state index contributed by atoms with van der Waals surface area (Å²) in [7, 11) is 3.98. The van der Waals surface area contributed by atoms with Gasteiger partial charge in [-0.25, -0.2) is 0 Å². The predicted molar refractivity (Wildman–Crippen MR) is 77.6 cm³/mol. The third-order valence-corrected chi connectivity index (χ3v) is 2.94. The maximum atomic E-state index is 12.2. The minimum atomic E-state index is 0.0432. The monoisotopic (exact) mass is 245 g/mol. The number of allylic oxidation sites excluding steroid dienone is 1. The molecule has 1 rings (SSSR count). The van der Waals surface area contributed by atoms with E-state index in [0.717, 1.165) is 17.7 Å². The van der Waals surface area contributed by atoms with Gasteiger partial charge in [-0.2, -0.15) is 0 Å². The number of benzene rings is 1. The van der Waals surface area contributed by atoms with Crippen molar-refractivity contribution in [2.24, 2.45) is 5.92 Å². The Balaban J connectivity index is 2.76. The molecule has 0 heterocycles. The summed E-state index contributed by atoms with van der Waals surface area (Å²) in [4.78, 5) is 14.2. The highest BCUT2D eigenvalue weighted by atomic mass is 16.1. The molecule has 0 fully saturated rings. The molecule has 1 aromatic carbocycles. The van der Waals surface area contributed by atoms with Crippen LogP contribution in [0, 0.1) is 12.8 Å². The van der Waals surface area contributed by atoms with Crippen LogP contribution in [0.4, 0.5) is 0 Å². The largest absolute Gasteiger partial charge is 0.309 e. The van der Waals surface area contributed by atoms with Crippen LogP contribution in [0.2, 0.25) is 0 Å². The summed E-state index contributed by atoms with van der Waals surface area (Å²) in [5.41, 5.74) is 3.15. The zero-order valence-electron chi connectivity index (χ0n) is 12.0. The van der Waals surface area contributed by atoms with E-state index in [2.05, 4.69) is 19.1 Å². The lowest BCUT2D eigenvalue weighted by Gasteiger charge is -2.16. The van der Waals surface area contributed by atoms with Gasteiger partial charge in [0.1, 0.15) is 0 Å². The Labute approximate surface area is 110 Å². The van der Waals surface area contributed by atoms with Crippen molar-refractivity contribution in [3.8, 4) is 0 Å². The van der Waals surface area contributed by atoms with E-state index in [9.17, 15) is 4.79 Å². The van der Waals surface area contributed by atoms with Crippen molar-refractivity contribution in [1.82, 2.24) is 4.90 Å². The first-order valence-corrected chi connectivity index (χ1v) is 6.34. The van der Waals surface area contributed by atoms with Gasteiger partial charge in [-0.1, -0.05) is 36.8 Å². The number of rotatable bonds is 5. The van der Waals surface area contributed by atoms with Gasteiger partial charge in [-0.3, -0.25) is 4.79 Å². The summed E-state index contributed by atoms with van der Waals surface area (Å²) < 4.78 is 0. The normalized spacial score (nSPS) is 13.8. The maximum Gasteiger partial charge on any atom is 0.162 e. The number of nitrogens with zero attached hydrogens (tertiary/aromatic N) is 1. The molecule has 1 unspecified atom stereocenters. The second-order valence-corrected chi connectivity index (χ2v) is 5.27. The van der Waals surface area contributed by atoms with Gasteiger partial charge in [0.15, 0.2) is 5.78 Å². The van der Waals surface area contributed by atoms with Gasteiger partial charge in [-0.15, -0.1) is 0 Å². The molecule has 0 aliphatic rings. The fraction of sp³-hybridized carbons (Fsp3) is 0.438. The molecule has 0 aliphatic heterocycles. The van der Waals surface area contributed by atoms with Gasteiger partial charge in [-0.05, 0) is 45.2 Å². The SMILES string of the molecule is C/C(=C\c1ccc(C)cc1)C(=O)C(C)CN(C)C. The van der Waals surface area contributed by atoms with Crippen LogP contribution in [0.3, 0.4) is 0 Å². The standard InChI is InChI=1S/C16H23NO/c1-12-6-8-15(9-7-12)10-13(2)16(18)14(3)11-17(4)5/h6-10,14H,11H2,1-5H3/b13-10+. The molecular weight excluding hydrogens is 222 g/mol. The molecule has 0 bridgehead atoms. The van der Waals surface area contributed by atoms with Crippen molar-refractivity contribution in [1.29, 1.82) is 0 Å². The molecule has 0 aromatic heterocycles. The first-order valence-electron chi connectivity index (χ1n) is 6.34. The molecule has 2 nitrogen and oxygen atoms in total. The van der Waals surface area contributed by atoms with E-state index in [1.807, 2.05) is 51.1 Å². The van der Waals surface area contributed by atoms with Gasteiger partial charge in [0.05, 0.1) is 0 Å². The van der Waals surface area contributed by atoms with Crippen molar-refractivity contribution < 1.29 is 4.79 Å². The second kappa shape index (κ2) is 6.50. The predicted octanol–water partition coefficient (Wildman–Crippen LogP) is 3.17. The molecule has 0 amide bonds. The summed E-state index contributed by atoms with van der Waals surface area (Å²) in [5.74, 6) is 0.269. The fourth-order valence-electron chi connectivity index (χ4n) is 2.00. The highest BCUT2D eigenvalue weighted by molar-refractivity contribution is 6.00. The number of Topliss-reactive ketones (excluding diaryl/α,β-unsaturated/α-hetero) is 1. The van der Waals surface area contributed by atoms with Crippen LogP contribution >= 0.6 is 0 Å². The zero-order chi connectivity index (χ0) is 13.7. The third kappa shape index (κ3) is 4.46. The van der Waals surface area contributed by atoms with E-state index < -0.39 is 0 Å². The lowest BCUT2D eigenvalue weighted by Crippen LogP contribution is -2.26. The maximum absolute atomic E-state index is 12.2. The third-order valence-electron chi connectivity index (χ3n) is 2.94. The van der Waals surface area contributed by atoms with Crippen LogP contribution in [0.1, 0.15) is 25.0 Å². The van der Waals surface area contributed by atoms with Gasteiger partial charge < -0.3 is 4.90 Å². The molecule has 0 N–H and O–H groups in total. The molecule has 18 heavy (non-hydrogen) atoms. The summed E-state index contributed by atoms with van der Waals surface area (Å²) >= 11 is 0. The molecular formula is C16H23NO. The quantitative estimate of drug-likeness (QED) is 0.743. The molecule has 2 heteroatoms. The van der Waals surface area contributed by atoms with Crippen molar-refractivity contribution in [3.05, 3.63) is 41.0 Å². The van der Waals surface area contributed by atoms with Gasteiger partial charge in [0, 0.05) is 12.5 Å². The van der Waals surface area contributed by atoms with E-state index in [1.54, 1.807) is 0 Å². The minimum Gasteiger partial charge on any atom is -0.309 e. The van der Waals surface area contributed by atoms with Crippen molar-refractivity contribution in [2.75, 3.05) is 20.6 Å². The Morgan fingerprint density at radius 3 is 2.33 bits per heavy atom. The van der Waals surface area contributed by atoms with Crippen molar-refractivity contribution in [2.45, 2.75) is 20.8 Å². The van der Waals surface area contributed by atoms with E-state index in [4.69, 9.17) is 0 Å². The van der Waals surface area contributed by atoms with Gasteiger partial charge in [0.2, 0.25) is 0 Å². The summed E-state index contributed by atoms with van der Waals surface area (Å²) in [6.45, 7) is 6.73. The smallest absolute Gasteiger partial charge is 0.162 e. The van der Waals surface area contributed by atoms with Crippen molar-refractivity contribution in [3.63, 3.8) is 0 Å². The van der Waals surface area contributed by atoms with E-state index in [1.165, 1.54) is 5.56 Å². The Bertz CT molecular complexity index is 429. The van der Waals surface area contributed by atoms with Crippen LogP contribution in [-0.4, -0.2) is 31.3 Å². The topological polar surface area (TPSA) is 20.3 Å². The summed E-state index contributed by atoms with van der Waals surface area (Å²) in [5, 5.41) is 0. The molecule has 1 aromatic rings. The minimum absolute atomic E-state index is 0.0432. The number of hydrogen-bond acceptors (Lipinski definition) is 2. The van der Waals surface area contributed by atoms with E-state index in [0.29, 0.717) is 0 Å². The molecule has 0 saturated heterocycles. The summed E-state index contributed by atoms with van der Waals surface area (Å²) in [6.07, 6.45) is 1.97. The second-order valence-electron chi connectivity index (χ2n) is 5.27. The number of carbonyl (C=O) groups is 1. The van der Waals surface area contributed by atoms with Gasteiger partial charge in [0.25, 0.3) is 0 Å². The van der Waals surface area contributed by atoms with Crippen LogP contribution < -0.4 is 0 Å². The van der Waals surface area contributed by atoms with Crippen LogP contribution in [0.5, 0.6) is 0 Å². The number of aryl methyl sites for hydroxylation is 1. The highest BCUT2D eigenvalue weighted by Gasteiger charge is 2.15. The lowest BCUT2D eigenvalue weighted by molar-refractivity contribution is -0.119. The average molecular weight is 245 g/mol. The number of hydrogen-bond donors (Lipinski definition) is 0. The first kappa shape index (κ1) is 14.7. The van der Waals surface area contributed by atoms with Crippen LogP contribution in [0.15, 0.2) is 29.8 Å². The molecule has 1 atom stereocenters. The van der Waals surface area contributed by atoms with Crippen LogP contribution in [-0.2, 0) is 4.79 Å². The Kier molecular flexibility index (Phi) is 5.29. The van der Waals surface area contributed by atoms with Crippen molar-refractivity contribution >= 4 is 11.9 Å². The molecule has 0 spiro atoms. The first-order chi connectivity index (χ1) is 8.40. The average Bonchev–Trinajstić information content (AvgIpc) is 2.30. The molecule has 98 valence electrons. The lowest BCUT2D eigenvalue weighted by atomic mass is 9.98.